The van der Waals surface area contributed by atoms with Crippen LogP contribution < -0.4 is 0 Å². The Morgan fingerprint density at radius 3 is 2.92 bits per heavy atom. The maximum Gasteiger partial charge on any atom is 0.335 e. The van der Waals surface area contributed by atoms with Gasteiger partial charge in [-0.2, -0.15) is 0 Å². The molecule has 0 spiro atoms. The van der Waals surface area contributed by atoms with E-state index >= 15 is 0 Å². The molecule has 0 radical (unpaired) electrons. The van der Waals surface area contributed by atoms with Crippen molar-refractivity contribution < 1.29 is 14.6 Å². The number of aliphatic hydroxyl groups is 1. The second kappa shape index (κ2) is 4.07. The predicted molar refractivity (Wildman–Crippen MR) is 44.4 cm³/mol. The van der Waals surface area contributed by atoms with Crippen LogP contribution in [0.1, 0.15) is 6.42 Å². The van der Waals surface area contributed by atoms with Crippen LogP contribution >= 0.6 is 0 Å². The van der Waals surface area contributed by atoms with E-state index in [0.29, 0.717) is 6.42 Å². The SMILES string of the molecule is COC(=O)[C@@H](O)C1C=CC=CC1. The van der Waals surface area contributed by atoms with Gasteiger partial charge in [-0.15, -0.1) is 0 Å². The van der Waals surface area contributed by atoms with Crippen LogP contribution in [0.3, 0.4) is 0 Å². The summed E-state index contributed by atoms with van der Waals surface area (Å²) in [6.07, 6.45) is 7.09. The highest BCUT2D eigenvalue weighted by Crippen LogP contribution is 2.16. The molecule has 0 bridgehead atoms. The maximum atomic E-state index is 10.9. The fourth-order valence-electron chi connectivity index (χ4n) is 1.13. The van der Waals surface area contributed by atoms with Crippen molar-refractivity contribution in [1.82, 2.24) is 0 Å². The van der Waals surface area contributed by atoms with E-state index in [4.69, 9.17) is 0 Å². The summed E-state index contributed by atoms with van der Waals surface area (Å²) in [6.45, 7) is 0. The highest BCUT2D eigenvalue weighted by Gasteiger charge is 2.24. The maximum absolute atomic E-state index is 10.9. The molecule has 0 aromatic heterocycles. The molecule has 0 aromatic rings. The number of carbonyl (C=O) groups is 1. The minimum atomic E-state index is -1.03. The van der Waals surface area contributed by atoms with E-state index in [-0.39, 0.29) is 5.92 Å². The van der Waals surface area contributed by atoms with Gasteiger partial charge < -0.3 is 9.84 Å². The first kappa shape index (κ1) is 9.00. The zero-order valence-electron chi connectivity index (χ0n) is 6.93. The van der Waals surface area contributed by atoms with E-state index in [2.05, 4.69) is 4.74 Å². The number of ether oxygens (including phenoxy) is 1. The Balaban J connectivity index is 2.52. The van der Waals surface area contributed by atoms with Gasteiger partial charge in [-0.1, -0.05) is 24.3 Å². The molecule has 66 valence electrons. The van der Waals surface area contributed by atoms with Gasteiger partial charge in [0, 0.05) is 5.92 Å². The summed E-state index contributed by atoms with van der Waals surface area (Å²) in [5, 5.41) is 9.38. The Labute approximate surface area is 71.3 Å². The van der Waals surface area contributed by atoms with Crippen molar-refractivity contribution in [3.8, 4) is 0 Å². The van der Waals surface area contributed by atoms with E-state index in [9.17, 15) is 9.90 Å². The molecule has 0 fully saturated rings. The van der Waals surface area contributed by atoms with Crippen molar-refractivity contribution in [2.24, 2.45) is 5.92 Å². The Bertz CT molecular complexity index is 218. The summed E-state index contributed by atoms with van der Waals surface area (Å²) < 4.78 is 4.42. The molecular formula is C9H12O3. The predicted octanol–water partition coefficient (Wildman–Crippen LogP) is 0.653. The van der Waals surface area contributed by atoms with E-state index in [1.807, 2.05) is 24.3 Å². The Hall–Kier alpha value is -1.09. The summed E-state index contributed by atoms with van der Waals surface area (Å²) in [4.78, 5) is 10.9. The van der Waals surface area contributed by atoms with Crippen molar-refractivity contribution >= 4 is 5.97 Å². The van der Waals surface area contributed by atoms with E-state index < -0.39 is 12.1 Å². The molecule has 0 aromatic carbocycles. The lowest BCUT2D eigenvalue weighted by atomic mass is 9.95. The van der Waals surface area contributed by atoms with Crippen LogP contribution in [0.25, 0.3) is 0 Å². The fourth-order valence-corrected chi connectivity index (χ4v) is 1.13. The van der Waals surface area contributed by atoms with Gasteiger partial charge in [-0.3, -0.25) is 0 Å². The molecule has 12 heavy (non-hydrogen) atoms. The zero-order valence-corrected chi connectivity index (χ0v) is 6.93. The topological polar surface area (TPSA) is 46.5 Å². The molecule has 0 saturated heterocycles. The van der Waals surface area contributed by atoms with Gasteiger partial charge in [0.2, 0.25) is 0 Å². The van der Waals surface area contributed by atoms with Gasteiger partial charge in [-0.05, 0) is 6.42 Å². The van der Waals surface area contributed by atoms with Crippen LogP contribution in [0, 0.1) is 5.92 Å². The van der Waals surface area contributed by atoms with Crippen molar-refractivity contribution in [2.75, 3.05) is 7.11 Å². The molecule has 0 saturated carbocycles. The number of carbonyl (C=O) groups excluding carboxylic acids is 1. The first-order chi connectivity index (χ1) is 5.75. The molecule has 3 nitrogen and oxygen atoms in total. The fraction of sp³-hybridized carbons (Fsp3) is 0.444. The lowest BCUT2D eigenvalue weighted by molar-refractivity contribution is -0.152. The van der Waals surface area contributed by atoms with Gasteiger partial charge in [0.1, 0.15) is 0 Å². The number of esters is 1. The van der Waals surface area contributed by atoms with E-state index in [0.717, 1.165) is 0 Å². The average Bonchev–Trinajstić information content (AvgIpc) is 2.17. The largest absolute Gasteiger partial charge is 0.467 e. The molecule has 1 aliphatic carbocycles. The van der Waals surface area contributed by atoms with Gasteiger partial charge in [0.05, 0.1) is 7.11 Å². The van der Waals surface area contributed by atoms with Gasteiger partial charge in [0.15, 0.2) is 6.10 Å². The summed E-state index contributed by atoms with van der Waals surface area (Å²) >= 11 is 0. The Morgan fingerprint density at radius 2 is 2.42 bits per heavy atom. The van der Waals surface area contributed by atoms with E-state index in [1.165, 1.54) is 7.11 Å². The van der Waals surface area contributed by atoms with Crippen molar-refractivity contribution in [2.45, 2.75) is 12.5 Å². The van der Waals surface area contributed by atoms with Crippen molar-refractivity contribution in [1.29, 1.82) is 0 Å². The molecule has 1 rings (SSSR count). The number of methoxy groups -OCH3 is 1. The molecule has 1 unspecified atom stereocenters. The molecule has 1 aliphatic rings. The lowest BCUT2D eigenvalue weighted by Crippen LogP contribution is -2.29. The van der Waals surface area contributed by atoms with Crippen molar-refractivity contribution in [3.05, 3.63) is 24.3 Å². The van der Waals surface area contributed by atoms with E-state index in [1.54, 1.807) is 0 Å². The standard InChI is InChI=1S/C9H12O3/c1-12-9(11)8(10)7-5-3-2-4-6-7/h2-5,7-8,10H,6H2,1H3/t7?,8-/m0/s1. The van der Waals surface area contributed by atoms with Gasteiger partial charge in [0.25, 0.3) is 0 Å². The van der Waals surface area contributed by atoms with Crippen LogP contribution in [0.15, 0.2) is 24.3 Å². The molecule has 0 amide bonds. The van der Waals surface area contributed by atoms with Crippen LogP contribution in [-0.4, -0.2) is 24.3 Å². The van der Waals surface area contributed by atoms with Crippen LogP contribution in [0.4, 0.5) is 0 Å². The summed E-state index contributed by atoms with van der Waals surface area (Å²) in [6, 6.07) is 0. The second-order valence-electron chi connectivity index (χ2n) is 2.68. The monoisotopic (exact) mass is 168 g/mol. The lowest BCUT2D eigenvalue weighted by Gasteiger charge is -2.17. The summed E-state index contributed by atoms with van der Waals surface area (Å²) in [5.74, 6) is -0.706. The minimum Gasteiger partial charge on any atom is -0.467 e. The second-order valence-corrected chi connectivity index (χ2v) is 2.68. The third-order valence-corrected chi connectivity index (χ3v) is 1.86. The van der Waals surface area contributed by atoms with Crippen molar-refractivity contribution in [3.63, 3.8) is 0 Å². The Kier molecular flexibility index (Phi) is 3.05. The highest BCUT2D eigenvalue weighted by molar-refractivity contribution is 5.75. The molecule has 1 N–H and O–H groups in total. The molecule has 3 heteroatoms. The highest BCUT2D eigenvalue weighted by atomic mass is 16.5. The third kappa shape index (κ3) is 1.95. The normalized spacial score (nSPS) is 23.7. The third-order valence-electron chi connectivity index (χ3n) is 1.86. The van der Waals surface area contributed by atoms with Gasteiger partial charge in [-0.25, -0.2) is 4.79 Å². The number of hydrogen-bond acceptors (Lipinski definition) is 3. The average molecular weight is 168 g/mol. The van der Waals surface area contributed by atoms with Gasteiger partial charge >= 0.3 is 5.97 Å². The van der Waals surface area contributed by atoms with Crippen LogP contribution in [0.2, 0.25) is 0 Å². The molecule has 2 atom stereocenters. The first-order valence-corrected chi connectivity index (χ1v) is 3.85. The minimum absolute atomic E-state index is 0.137. The number of allylic oxidation sites excluding steroid dienone is 3. The zero-order chi connectivity index (χ0) is 8.97. The molecular weight excluding hydrogens is 156 g/mol. The number of hydrogen-bond donors (Lipinski definition) is 1. The first-order valence-electron chi connectivity index (χ1n) is 3.85. The Morgan fingerprint density at radius 1 is 1.67 bits per heavy atom. The molecule has 0 heterocycles. The van der Waals surface area contributed by atoms with Crippen LogP contribution in [0.5, 0.6) is 0 Å². The quantitative estimate of drug-likeness (QED) is 0.616. The smallest absolute Gasteiger partial charge is 0.335 e. The summed E-state index contributed by atoms with van der Waals surface area (Å²) in [5.41, 5.74) is 0. The summed E-state index contributed by atoms with van der Waals surface area (Å²) in [7, 11) is 1.27. The molecule has 0 aliphatic heterocycles. The number of aliphatic hydroxyl groups excluding tert-OH is 1. The van der Waals surface area contributed by atoms with Crippen LogP contribution in [-0.2, 0) is 9.53 Å². The number of rotatable bonds is 2.